The molecule has 4 nitrogen and oxygen atoms in total. The predicted molar refractivity (Wildman–Crippen MR) is 92.2 cm³/mol. The molecule has 0 saturated heterocycles. The molecule has 1 amide bonds. The first-order valence-corrected chi connectivity index (χ1v) is 7.88. The summed E-state index contributed by atoms with van der Waals surface area (Å²) in [5, 5.41) is 0. The summed E-state index contributed by atoms with van der Waals surface area (Å²) in [6, 6.07) is 15.7. The highest BCUT2D eigenvalue weighted by Gasteiger charge is 2.29. The number of fused-ring (bicyclic) bond motifs is 2. The summed E-state index contributed by atoms with van der Waals surface area (Å²) in [6.07, 6.45) is 0.795. The SMILES string of the molecule is CC(=O)N1c2ccccc2OC(CCN(C)C)c2ccccc21. The molecule has 0 radical (unpaired) electrons. The Labute approximate surface area is 137 Å². The van der Waals surface area contributed by atoms with Crippen LogP contribution >= 0.6 is 0 Å². The number of anilines is 2. The third kappa shape index (κ3) is 3.08. The number of hydrogen-bond donors (Lipinski definition) is 0. The maximum absolute atomic E-state index is 12.3. The molecule has 3 rings (SSSR count). The van der Waals surface area contributed by atoms with E-state index >= 15 is 0 Å². The van der Waals surface area contributed by atoms with Gasteiger partial charge in [-0.3, -0.25) is 9.69 Å². The molecule has 1 heterocycles. The van der Waals surface area contributed by atoms with E-state index in [0.717, 1.165) is 35.7 Å². The minimum atomic E-state index is -0.0703. The van der Waals surface area contributed by atoms with Crippen LogP contribution in [0.25, 0.3) is 0 Å². The summed E-state index contributed by atoms with van der Waals surface area (Å²) in [4.78, 5) is 16.2. The minimum Gasteiger partial charge on any atom is -0.483 e. The van der Waals surface area contributed by atoms with Gasteiger partial charge in [0.1, 0.15) is 11.9 Å². The molecular weight excluding hydrogens is 288 g/mol. The molecule has 0 aliphatic carbocycles. The monoisotopic (exact) mass is 310 g/mol. The van der Waals surface area contributed by atoms with Gasteiger partial charge in [0.2, 0.25) is 5.91 Å². The van der Waals surface area contributed by atoms with Crippen molar-refractivity contribution in [2.24, 2.45) is 0 Å². The van der Waals surface area contributed by atoms with E-state index in [1.807, 2.05) is 42.5 Å². The predicted octanol–water partition coefficient (Wildman–Crippen LogP) is 3.76. The first kappa shape index (κ1) is 15.6. The lowest BCUT2D eigenvalue weighted by Gasteiger charge is -2.22. The molecule has 120 valence electrons. The van der Waals surface area contributed by atoms with Crippen molar-refractivity contribution in [3.63, 3.8) is 0 Å². The number of ether oxygens (including phenoxy) is 1. The Morgan fingerprint density at radius 3 is 2.43 bits per heavy atom. The summed E-state index contributed by atoms with van der Waals surface area (Å²) in [6.45, 7) is 2.51. The lowest BCUT2D eigenvalue weighted by atomic mass is 10.0. The average Bonchev–Trinajstić information content (AvgIpc) is 2.67. The first-order valence-electron chi connectivity index (χ1n) is 7.88. The van der Waals surface area contributed by atoms with Crippen LogP contribution in [0.15, 0.2) is 48.5 Å². The second-order valence-corrected chi connectivity index (χ2v) is 6.08. The van der Waals surface area contributed by atoms with Crippen LogP contribution in [0.4, 0.5) is 11.4 Å². The molecule has 0 aromatic heterocycles. The second kappa shape index (κ2) is 6.42. The van der Waals surface area contributed by atoms with Gasteiger partial charge in [-0.05, 0) is 32.3 Å². The van der Waals surface area contributed by atoms with Gasteiger partial charge in [-0.25, -0.2) is 0 Å². The quantitative estimate of drug-likeness (QED) is 0.865. The Balaban J connectivity index is 2.12. The zero-order chi connectivity index (χ0) is 16.4. The van der Waals surface area contributed by atoms with Gasteiger partial charge in [-0.1, -0.05) is 30.3 Å². The van der Waals surface area contributed by atoms with Crippen LogP contribution < -0.4 is 9.64 Å². The standard InChI is InChI=1S/C19H22N2O2/c1-14(22)21-16-9-5-4-8-15(16)18(12-13-20(2)3)23-19-11-7-6-10-17(19)21/h4-11,18H,12-13H2,1-3H3. The molecule has 23 heavy (non-hydrogen) atoms. The molecule has 1 atom stereocenters. The number of hydrogen-bond acceptors (Lipinski definition) is 3. The van der Waals surface area contributed by atoms with Crippen molar-refractivity contribution in [2.75, 3.05) is 25.5 Å². The number of amides is 1. The fourth-order valence-electron chi connectivity index (χ4n) is 2.98. The summed E-state index contributed by atoms with van der Waals surface area (Å²) < 4.78 is 6.29. The molecule has 0 saturated carbocycles. The highest BCUT2D eigenvalue weighted by atomic mass is 16.5. The van der Waals surface area contributed by atoms with Crippen molar-refractivity contribution < 1.29 is 9.53 Å². The van der Waals surface area contributed by atoms with Crippen LogP contribution in [0.2, 0.25) is 0 Å². The van der Waals surface area contributed by atoms with Gasteiger partial charge in [0.25, 0.3) is 0 Å². The first-order chi connectivity index (χ1) is 11.1. The number of carbonyl (C=O) groups excluding carboxylic acids is 1. The summed E-state index contributed by atoms with van der Waals surface area (Å²) in [5.74, 6) is 0.740. The molecule has 2 aromatic rings. The van der Waals surface area contributed by atoms with Crippen LogP contribution in [0.1, 0.15) is 25.0 Å². The van der Waals surface area contributed by atoms with Gasteiger partial charge in [0, 0.05) is 25.5 Å². The van der Waals surface area contributed by atoms with Crippen molar-refractivity contribution in [1.82, 2.24) is 4.90 Å². The summed E-state index contributed by atoms with van der Waals surface area (Å²) in [5.41, 5.74) is 2.77. The van der Waals surface area contributed by atoms with Gasteiger partial charge in [0.15, 0.2) is 0 Å². The van der Waals surface area contributed by atoms with E-state index in [0.29, 0.717) is 0 Å². The molecule has 0 N–H and O–H groups in total. The van der Waals surface area contributed by atoms with Crippen LogP contribution in [-0.4, -0.2) is 31.4 Å². The smallest absolute Gasteiger partial charge is 0.228 e. The number of benzene rings is 2. The Hall–Kier alpha value is -2.33. The van der Waals surface area contributed by atoms with E-state index in [1.54, 1.807) is 11.8 Å². The minimum absolute atomic E-state index is 0.0123. The number of rotatable bonds is 3. The van der Waals surface area contributed by atoms with Gasteiger partial charge in [-0.2, -0.15) is 0 Å². The number of para-hydroxylation sites is 3. The lowest BCUT2D eigenvalue weighted by Crippen LogP contribution is -2.23. The fraction of sp³-hybridized carbons (Fsp3) is 0.316. The maximum Gasteiger partial charge on any atom is 0.228 e. The van der Waals surface area contributed by atoms with E-state index in [-0.39, 0.29) is 12.0 Å². The maximum atomic E-state index is 12.3. The summed E-state index contributed by atoms with van der Waals surface area (Å²) >= 11 is 0. The molecule has 2 aromatic carbocycles. The van der Waals surface area contributed by atoms with E-state index in [4.69, 9.17) is 4.74 Å². The zero-order valence-electron chi connectivity index (χ0n) is 13.8. The van der Waals surface area contributed by atoms with Crippen LogP contribution in [0, 0.1) is 0 Å². The van der Waals surface area contributed by atoms with Crippen LogP contribution in [-0.2, 0) is 4.79 Å². The lowest BCUT2D eigenvalue weighted by molar-refractivity contribution is -0.115. The topological polar surface area (TPSA) is 32.8 Å². The Kier molecular flexibility index (Phi) is 4.35. The van der Waals surface area contributed by atoms with Crippen molar-refractivity contribution in [1.29, 1.82) is 0 Å². The molecule has 4 heteroatoms. The normalized spacial score (nSPS) is 16.3. The molecule has 1 unspecified atom stereocenters. The van der Waals surface area contributed by atoms with Crippen LogP contribution in [0.3, 0.4) is 0 Å². The highest BCUT2D eigenvalue weighted by Crippen LogP contribution is 2.44. The summed E-state index contributed by atoms with van der Waals surface area (Å²) in [7, 11) is 4.11. The zero-order valence-corrected chi connectivity index (χ0v) is 13.8. The third-order valence-corrected chi connectivity index (χ3v) is 4.05. The van der Waals surface area contributed by atoms with Gasteiger partial charge in [-0.15, -0.1) is 0 Å². The van der Waals surface area contributed by atoms with Crippen molar-refractivity contribution in [3.05, 3.63) is 54.1 Å². The molecular formula is C19H22N2O2. The van der Waals surface area contributed by atoms with Crippen molar-refractivity contribution in [2.45, 2.75) is 19.4 Å². The second-order valence-electron chi connectivity index (χ2n) is 6.08. The molecule has 0 fully saturated rings. The van der Waals surface area contributed by atoms with Gasteiger partial charge >= 0.3 is 0 Å². The van der Waals surface area contributed by atoms with Gasteiger partial charge < -0.3 is 9.64 Å². The average molecular weight is 310 g/mol. The van der Waals surface area contributed by atoms with Gasteiger partial charge in [0.05, 0.1) is 11.4 Å². The largest absolute Gasteiger partial charge is 0.483 e. The molecule has 1 aliphatic rings. The number of carbonyl (C=O) groups is 1. The molecule has 0 spiro atoms. The Morgan fingerprint density at radius 2 is 1.74 bits per heavy atom. The van der Waals surface area contributed by atoms with E-state index < -0.39 is 0 Å². The molecule has 0 bridgehead atoms. The Morgan fingerprint density at radius 1 is 1.09 bits per heavy atom. The Bertz CT molecular complexity index is 712. The number of nitrogens with zero attached hydrogens (tertiary/aromatic N) is 2. The van der Waals surface area contributed by atoms with E-state index in [1.165, 1.54) is 0 Å². The van der Waals surface area contributed by atoms with Crippen molar-refractivity contribution in [3.8, 4) is 5.75 Å². The van der Waals surface area contributed by atoms with E-state index in [9.17, 15) is 4.79 Å². The van der Waals surface area contributed by atoms with E-state index in [2.05, 4.69) is 25.1 Å². The fourth-order valence-corrected chi connectivity index (χ4v) is 2.98. The highest BCUT2D eigenvalue weighted by molar-refractivity contribution is 6.01. The van der Waals surface area contributed by atoms with Crippen LogP contribution in [0.5, 0.6) is 5.75 Å². The third-order valence-electron chi connectivity index (χ3n) is 4.05. The molecule has 1 aliphatic heterocycles. The van der Waals surface area contributed by atoms with Crippen molar-refractivity contribution >= 4 is 17.3 Å².